The van der Waals surface area contributed by atoms with Gasteiger partial charge in [0.15, 0.2) is 14.6 Å². The van der Waals surface area contributed by atoms with Crippen LogP contribution in [0.2, 0.25) is 0 Å². The minimum atomic E-state index is -3.92. The number of carbonyl (C=O) groups is 2. The molecule has 37 heavy (non-hydrogen) atoms. The van der Waals surface area contributed by atoms with Gasteiger partial charge in [0.25, 0.3) is 5.91 Å². The Kier molecular flexibility index (Phi) is 7.70. The van der Waals surface area contributed by atoms with Gasteiger partial charge in [-0.2, -0.15) is 9.30 Å². The summed E-state index contributed by atoms with van der Waals surface area (Å²) in [6.07, 6.45) is 1.91. The maximum absolute atomic E-state index is 13.3. The summed E-state index contributed by atoms with van der Waals surface area (Å²) in [5, 5.41) is 0. The summed E-state index contributed by atoms with van der Waals surface area (Å²) >= 11 is 1.04. The van der Waals surface area contributed by atoms with Gasteiger partial charge in [-0.05, 0) is 57.0 Å². The van der Waals surface area contributed by atoms with Gasteiger partial charge in [-0.3, -0.25) is 9.59 Å². The Balaban J connectivity index is 1.76. The van der Waals surface area contributed by atoms with Crippen molar-refractivity contribution in [3.05, 3.63) is 52.8 Å². The predicted molar refractivity (Wildman–Crippen MR) is 138 cm³/mol. The number of sulfonamides is 1. The van der Waals surface area contributed by atoms with Crippen molar-refractivity contribution in [2.45, 2.75) is 49.1 Å². The summed E-state index contributed by atoms with van der Waals surface area (Å²) in [6, 6.07) is 9.87. The molecule has 198 valence electrons. The van der Waals surface area contributed by atoms with Crippen molar-refractivity contribution >= 4 is 53.3 Å². The summed E-state index contributed by atoms with van der Waals surface area (Å²) in [5.41, 5.74) is 1.42. The van der Waals surface area contributed by atoms with E-state index in [4.69, 9.17) is 4.74 Å². The lowest BCUT2D eigenvalue weighted by molar-refractivity contribution is -0.143. The third-order valence-corrected chi connectivity index (χ3v) is 10.1. The molecular weight excluding hydrogens is 538 g/mol. The quantitative estimate of drug-likeness (QED) is 0.402. The number of aryl methyl sites for hydroxylation is 1. The van der Waals surface area contributed by atoms with Gasteiger partial charge in [-0.15, -0.1) is 0 Å². The van der Waals surface area contributed by atoms with Crippen LogP contribution in [-0.4, -0.2) is 63.0 Å². The molecule has 3 aromatic rings. The molecule has 2 aromatic carbocycles. The Labute approximate surface area is 219 Å². The van der Waals surface area contributed by atoms with Gasteiger partial charge < -0.3 is 9.30 Å². The number of hydrogen-bond acceptors (Lipinski definition) is 8. The molecule has 4 rings (SSSR count). The molecule has 1 saturated heterocycles. The average molecular weight is 566 g/mol. The van der Waals surface area contributed by atoms with Crippen LogP contribution in [0.3, 0.4) is 0 Å². The Morgan fingerprint density at radius 1 is 1.08 bits per heavy atom. The fourth-order valence-corrected chi connectivity index (χ4v) is 7.59. The highest BCUT2D eigenvalue weighted by Gasteiger charge is 2.39. The van der Waals surface area contributed by atoms with E-state index in [9.17, 15) is 26.4 Å². The van der Waals surface area contributed by atoms with Crippen LogP contribution in [0.4, 0.5) is 0 Å². The fraction of sp³-hybridized carbons (Fsp3) is 0.375. The van der Waals surface area contributed by atoms with Gasteiger partial charge in [0, 0.05) is 12.8 Å². The van der Waals surface area contributed by atoms with E-state index in [0.29, 0.717) is 23.1 Å². The molecule has 10 nitrogen and oxygen atoms in total. The third kappa shape index (κ3) is 5.69. The largest absolute Gasteiger partial charge is 0.465 e. The molecule has 1 fully saturated rings. The molecule has 1 aliphatic heterocycles. The van der Waals surface area contributed by atoms with E-state index in [1.165, 1.54) is 33.1 Å². The van der Waals surface area contributed by atoms with Crippen molar-refractivity contribution in [2.75, 3.05) is 19.4 Å². The lowest BCUT2D eigenvalue weighted by Crippen LogP contribution is -2.40. The first kappa shape index (κ1) is 27.2. The second-order valence-electron chi connectivity index (χ2n) is 8.71. The standard InChI is InChI=1S/C24H27N3O7S3/c1-4-34-22(28)15-26-19-12-11-18(36(3,30)31)14-21(19)35-24(26)25-23(29)20-6-5-13-27(20)37(32,33)17-9-7-16(2)8-10-17/h7-12,14,20H,4-6,13,15H2,1-3H3. The number of amides is 1. The Hall–Kier alpha value is -2.87. The lowest BCUT2D eigenvalue weighted by atomic mass is 10.2. The molecule has 1 aromatic heterocycles. The maximum Gasteiger partial charge on any atom is 0.326 e. The third-order valence-electron chi connectivity index (χ3n) is 6.00. The van der Waals surface area contributed by atoms with E-state index >= 15 is 0 Å². The Morgan fingerprint density at radius 2 is 1.76 bits per heavy atom. The summed E-state index contributed by atoms with van der Waals surface area (Å²) in [6.45, 7) is 3.64. The van der Waals surface area contributed by atoms with Crippen molar-refractivity contribution in [3.63, 3.8) is 0 Å². The van der Waals surface area contributed by atoms with Crippen LogP contribution < -0.4 is 4.80 Å². The minimum absolute atomic E-state index is 0.0913. The molecule has 13 heteroatoms. The fourth-order valence-electron chi connectivity index (χ4n) is 4.15. The maximum atomic E-state index is 13.3. The Bertz CT molecular complexity index is 1640. The number of fused-ring (bicyclic) bond motifs is 1. The van der Waals surface area contributed by atoms with E-state index in [2.05, 4.69) is 4.99 Å². The molecule has 0 spiro atoms. The normalized spacial score (nSPS) is 17.4. The zero-order chi connectivity index (χ0) is 27.0. The van der Waals surface area contributed by atoms with Gasteiger partial charge in [0.2, 0.25) is 10.0 Å². The van der Waals surface area contributed by atoms with E-state index in [1.54, 1.807) is 25.1 Å². The molecule has 1 atom stereocenters. The van der Waals surface area contributed by atoms with Crippen molar-refractivity contribution < 1.29 is 31.2 Å². The van der Waals surface area contributed by atoms with E-state index < -0.39 is 37.8 Å². The molecular formula is C24H27N3O7S3. The van der Waals surface area contributed by atoms with Crippen molar-refractivity contribution in [3.8, 4) is 0 Å². The number of benzene rings is 2. The number of aromatic nitrogens is 1. The summed E-state index contributed by atoms with van der Waals surface area (Å²) in [5.74, 6) is -1.20. The molecule has 1 amide bonds. The monoisotopic (exact) mass is 565 g/mol. The number of carbonyl (C=O) groups excluding carboxylic acids is 2. The number of hydrogen-bond donors (Lipinski definition) is 0. The Morgan fingerprint density at radius 3 is 2.41 bits per heavy atom. The van der Waals surface area contributed by atoms with Crippen LogP contribution in [0, 0.1) is 6.92 Å². The molecule has 0 N–H and O–H groups in total. The predicted octanol–water partition coefficient (Wildman–Crippen LogP) is 2.26. The minimum Gasteiger partial charge on any atom is -0.465 e. The number of rotatable bonds is 7. The number of nitrogens with zero attached hydrogens (tertiary/aromatic N) is 3. The van der Waals surface area contributed by atoms with Gasteiger partial charge in [0.05, 0.1) is 26.6 Å². The van der Waals surface area contributed by atoms with Crippen LogP contribution in [0.15, 0.2) is 57.2 Å². The van der Waals surface area contributed by atoms with Crippen molar-refractivity contribution in [1.82, 2.24) is 8.87 Å². The molecule has 0 aliphatic carbocycles. The summed E-state index contributed by atoms with van der Waals surface area (Å²) < 4.78 is 58.8. The van der Waals surface area contributed by atoms with Gasteiger partial charge >= 0.3 is 5.97 Å². The van der Waals surface area contributed by atoms with Crippen LogP contribution in [-0.2, 0) is 40.7 Å². The van der Waals surface area contributed by atoms with Gasteiger partial charge in [-0.25, -0.2) is 16.8 Å². The lowest BCUT2D eigenvalue weighted by Gasteiger charge is -2.21. The first-order chi connectivity index (χ1) is 17.4. The van der Waals surface area contributed by atoms with E-state index in [1.807, 2.05) is 6.92 Å². The SMILES string of the molecule is CCOC(=O)Cn1c(=NC(=O)C2CCCN2S(=O)(=O)c2ccc(C)cc2)sc2cc(S(C)(=O)=O)ccc21. The van der Waals surface area contributed by atoms with E-state index in [0.717, 1.165) is 23.2 Å². The van der Waals surface area contributed by atoms with Crippen LogP contribution in [0.25, 0.3) is 10.2 Å². The van der Waals surface area contributed by atoms with Crippen LogP contribution >= 0.6 is 11.3 Å². The molecule has 0 saturated carbocycles. The molecule has 1 unspecified atom stereocenters. The number of sulfone groups is 1. The second kappa shape index (κ2) is 10.5. The number of ether oxygens (including phenoxy) is 1. The smallest absolute Gasteiger partial charge is 0.326 e. The molecule has 2 heterocycles. The van der Waals surface area contributed by atoms with Crippen LogP contribution in [0.5, 0.6) is 0 Å². The topological polar surface area (TPSA) is 132 Å². The van der Waals surface area contributed by atoms with Crippen molar-refractivity contribution in [2.24, 2.45) is 4.99 Å². The van der Waals surface area contributed by atoms with E-state index in [-0.39, 0.29) is 34.3 Å². The zero-order valence-electron chi connectivity index (χ0n) is 20.6. The first-order valence-corrected chi connectivity index (χ1v) is 15.7. The highest BCUT2D eigenvalue weighted by atomic mass is 32.2. The van der Waals surface area contributed by atoms with Crippen LogP contribution in [0.1, 0.15) is 25.3 Å². The first-order valence-electron chi connectivity index (χ1n) is 11.6. The van der Waals surface area contributed by atoms with Crippen molar-refractivity contribution in [1.29, 1.82) is 0 Å². The molecule has 0 bridgehead atoms. The molecule has 1 aliphatic rings. The van der Waals surface area contributed by atoms with Gasteiger partial charge in [0.1, 0.15) is 12.6 Å². The summed E-state index contributed by atoms with van der Waals surface area (Å²) in [7, 11) is -7.40. The summed E-state index contributed by atoms with van der Waals surface area (Å²) in [4.78, 5) is 30.2. The number of esters is 1. The second-order valence-corrected chi connectivity index (χ2v) is 13.6. The van der Waals surface area contributed by atoms with Gasteiger partial charge in [-0.1, -0.05) is 29.0 Å². The molecule has 0 radical (unpaired) electrons. The average Bonchev–Trinajstić information content (AvgIpc) is 3.45. The highest BCUT2D eigenvalue weighted by molar-refractivity contribution is 7.90. The zero-order valence-corrected chi connectivity index (χ0v) is 23.0. The number of thiazole rings is 1. The highest BCUT2D eigenvalue weighted by Crippen LogP contribution is 2.27.